The molecule has 0 amide bonds. The van der Waals surface area contributed by atoms with Crippen LogP contribution >= 0.6 is 0 Å². The summed E-state index contributed by atoms with van der Waals surface area (Å²) in [6.45, 7) is 1.81. The lowest BCUT2D eigenvalue weighted by molar-refractivity contribution is 0.156. The third-order valence-corrected chi connectivity index (χ3v) is 5.17. The Hall–Kier alpha value is -1.07. The summed E-state index contributed by atoms with van der Waals surface area (Å²) in [5.74, 6) is 0.870. The summed E-state index contributed by atoms with van der Waals surface area (Å²) in [6.07, 6.45) is 2.35. The molecule has 1 aliphatic rings. The summed E-state index contributed by atoms with van der Waals surface area (Å²) >= 11 is 0. The molecule has 0 saturated heterocycles. The molecule has 19 heavy (non-hydrogen) atoms. The van der Waals surface area contributed by atoms with E-state index in [2.05, 4.69) is 0 Å². The molecule has 1 aromatic rings. The minimum Gasteiger partial charge on any atom is -0.493 e. The number of rotatable bonds is 5. The maximum atomic E-state index is 11.4. The number of aliphatic hydroxyl groups is 1. The molecule has 2 rings (SSSR count). The topological polar surface area (TPSA) is 63.6 Å². The second-order valence-corrected chi connectivity index (χ2v) is 7.33. The molecule has 5 heteroatoms. The second kappa shape index (κ2) is 5.92. The van der Waals surface area contributed by atoms with Crippen LogP contribution in [-0.2, 0) is 16.3 Å². The van der Waals surface area contributed by atoms with E-state index in [9.17, 15) is 13.5 Å². The first kappa shape index (κ1) is 14.3. The SMILES string of the molecule is CCS(=O)(=O)CCOc1ccc2c(c1)CCCC2O. The fourth-order valence-electron chi connectivity index (χ4n) is 2.29. The minimum atomic E-state index is -2.98. The van der Waals surface area contributed by atoms with Gasteiger partial charge in [-0.05, 0) is 42.5 Å². The molecule has 0 fully saturated rings. The first-order valence-corrected chi connectivity index (χ1v) is 8.48. The predicted molar refractivity (Wildman–Crippen MR) is 74.2 cm³/mol. The van der Waals surface area contributed by atoms with Gasteiger partial charge < -0.3 is 9.84 Å². The number of hydrogen-bond acceptors (Lipinski definition) is 4. The number of fused-ring (bicyclic) bond motifs is 1. The maximum Gasteiger partial charge on any atom is 0.153 e. The van der Waals surface area contributed by atoms with E-state index < -0.39 is 9.84 Å². The van der Waals surface area contributed by atoms with E-state index in [-0.39, 0.29) is 24.2 Å². The molecule has 1 N–H and O–H groups in total. The van der Waals surface area contributed by atoms with Crippen molar-refractivity contribution in [3.8, 4) is 5.75 Å². The van der Waals surface area contributed by atoms with Crippen LogP contribution in [-0.4, -0.2) is 31.6 Å². The maximum absolute atomic E-state index is 11.4. The van der Waals surface area contributed by atoms with Crippen LogP contribution in [0.5, 0.6) is 5.75 Å². The van der Waals surface area contributed by atoms with E-state index >= 15 is 0 Å². The van der Waals surface area contributed by atoms with E-state index in [1.54, 1.807) is 13.0 Å². The second-order valence-electron chi connectivity index (χ2n) is 4.85. The van der Waals surface area contributed by atoms with Crippen molar-refractivity contribution in [2.45, 2.75) is 32.3 Å². The van der Waals surface area contributed by atoms with Crippen molar-refractivity contribution in [1.82, 2.24) is 0 Å². The molecule has 1 unspecified atom stereocenters. The number of hydrogen-bond donors (Lipinski definition) is 1. The average Bonchev–Trinajstić information content (AvgIpc) is 2.39. The number of aryl methyl sites for hydroxylation is 1. The van der Waals surface area contributed by atoms with Crippen LogP contribution in [0.2, 0.25) is 0 Å². The van der Waals surface area contributed by atoms with Crippen LogP contribution < -0.4 is 4.74 Å². The highest BCUT2D eigenvalue weighted by Gasteiger charge is 2.18. The molecule has 0 spiro atoms. The van der Waals surface area contributed by atoms with Crippen LogP contribution in [0, 0.1) is 0 Å². The zero-order valence-electron chi connectivity index (χ0n) is 11.1. The van der Waals surface area contributed by atoms with Crippen molar-refractivity contribution in [3.05, 3.63) is 29.3 Å². The number of sulfone groups is 1. The van der Waals surface area contributed by atoms with E-state index in [0.29, 0.717) is 5.75 Å². The molecule has 106 valence electrons. The molecule has 0 radical (unpaired) electrons. The van der Waals surface area contributed by atoms with Gasteiger partial charge in [0.15, 0.2) is 9.84 Å². The summed E-state index contributed by atoms with van der Waals surface area (Å²) < 4.78 is 28.2. The third kappa shape index (κ3) is 3.70. The highest BCUT2D eigenvalue weighted by molar-refractivity contribution is 7.91. The van der Waals surface area contributed by atoms with Gasteiger partial charge in [-0.25, -0.2) is 8.42 Å². The Kier molecular flexibility index (Phi) is 4.47. The van der Waals surface area contributed by atoms with Crippen molar-refractivity contribution in [2.75, 3.05) is 18.1 Å². The summed E-state index contributed by atoms with van der Waals surface area (Å²) in [4.78, 5) is 0. The lowest BCUT2D eigenvalue weighted by Gasteiger charge is -2.21. The van der Waals surface area contributed by atoms with Crippen molar-refractivity contribution >= 4 is 9.84 Å². The van der Waals surface area contributed by atoms with E-state index in [4.69, 9.17) is 4.74 Å². The highest BCUT2D eigenvalue weighted by atomic mass is 32.2. The van der Waals surface area contributed by atoms with Gasteiger partial charge in [-0.15, -0.1) is 0 Å². The molecule has 1 aromatic carbocycles. The van der Waals surface area contributed by atoms with Crippen LogP contribution in [0.4, 0.5) is 0 Å². The Morgan fingerprint density at radius 3 is 2.95 bits per heavy atom. The van der Waals surface area contributed by atoms with Crippen molar-refractivity contribution in [1.29, 1.82) is 0 Å². The first-order valence-electron chi connectivity index (χ1n) is 6.66. The summed E-state index contributed by atoms with van der Waals surface area (Å²) in [6, 6.07) is 5.59. The normalized spacial score (nSPS) is 18.9. The van der Waals surface area contributed by atoms with Crippen molar-refractivity contribution in [3.63, 3.8) is 0 Å². The summed E-state index contributed by atoms with van der Waals surface area (Å²) in [5.41, 5.74) is 2.08. The molecule has 0 bridgehead atoms. The molecule has 0 saturated carbocycles. The van der Waals surface area contributed by atoms with Gasteiger partial charge in [-0.1, -0.05) is 13.0 Å². The smallest absolute Gasteiger partial charge is 0.153 e. The van der Waals surface area contributed by atoms with E-state index in [1.807, 2.05) is 12.1 Å². The van der Waals surface area contributed by atoms with Gasteiger partial charge in [0, 0.05) is 5.75 Å². The monoisotopic (exact) mass is 284 g/mol. The van der Waals surface area contributed by atoms with Gasteiger partial charge in [0.05, 0.1) is 11.9 Å². The molecule has 0 aromatic heterocycles. The highest BCUT2D eigenvalue weighted by Crippen LogP contribution is 2.31. The van der Waals surface area contributed by atoms with Crippen LogP contribution in [0.15, 0.2) is 18.2 Å². The molecule has 0 heterocycles. The van der Waals surface area contributed by atoms with Crippen LogP contribution in [0.25, 0.3) is 0 Å². The summed E-state index contributed by atoms with van der Waals surface area (Å²) in [5, 5.41) is 9.85. The zero-order valence-corrected chi connectivity index (χ0v) is 11.9. The summed E-state index contributed by atoms with van der Waals surface area (Å²) in [7, 11) is -2.98. The standard InChI is InChI=1S/C14H20O4S/c1-2-19(16,17)9-8-18-12-6-7-13-11(10-12)4-3-5-14(13)15/h6-7,10,14-15H,2-5,8-9H2,1H3. The molecular formula is C14H20O4S. The molecule has 1 aliphatic carbocycles. The number of ether oxygens (including phenoxy) is 1. The number of aliphatic hydroxyl groups excluding tert-OH is 1. The van der Waals surface area contributed by atoms with E-state index in [1.165, 1.54) is 0 Å². The van der Waals surface area contributed by atoms with Gasteiger partial charge in [-0.2, -0.15) is 0 Å². The third-order valence-electron chi connectivity index (χ3n) is 3.50. The van der Waals surface area contributed by atoms with Gasteiger partial charge in [-0.3, -0.25) is 0 Å². The minimum absolute atomic E-state index is 0.0449. The largest absolute Gasteiger partial charge is 0.493 e. The fraction of sp³-hybridized carbons (Fsp3) is 0.571. The number of benzene rings is 1. The van der Waals surface area contributed by atoms with Gasteiger partial charge in [0.2, 0.25) is 0 Å². The van der Waals surface area contributed by atoms with Gasteiger partial charge >= 0.3 is 0 Å². The quantitative estimate of drug-likeness (QED) is 0.896. The lowest BCUT2D eigenvalue weighted by atomic mass is 9.89. The van der Waals surface area contributed by atoms with Gasteiger partial charge in [0.1, 0.15) is 12.4 Å². The van der Waals surface area contributed by atoms with Crippen molar-refractivity contribution in [2.24, 2.45) is 0 Å². The average molecular weight is 284 g/mol. The molecular weight excluding hydrogens is 264 g/mol. The molecule has 0 aliphatic heterocycles. The predicted octanol–water partition coefficient (Wildman–Crippen LogP) is 1.87. The van der Waals surface area contributed by atoms with E-state index in [0.717, 1.165) is 30.4 Å². The first-order chi connectivity index (χ1) is 9.02. The molecule has 4 nitrogen and oxygen atoms in total. The Labute approximate surface area is 114 Å². The Bertz CT molecular complexity index is 536. The van der Waals surface area contributed by atoms with Crippen LogP contribution in [0.3, 0.4) is 0 Å². The van der Waals surface area contributed by atoms with Crippen molar-refractivity contribution < 1.29 is 18.3 Å². The Morgan fingerprint density at radius 1 is 1.42 bits per heavy atom. The molecule has 1 atom stereocenters. The lowest BCUT2D eigenvalue weighted by Crippen LogP contribution is -2.16. The van der Waals surface area contributed by atoms with Gasteiger partial charge in [0.25, 0.3) is 0 Å². The zero-order chi connectivity index (χ0) is 13.9. The Balaban J connectivity index is 1.99. The van der Waals surface area contributed by atoms with Crippen LogP contribution in [0.1, 0.15) is 37.0 Å². The fourth-order valence-corrected chi connectivity index (χ4v) is 2.91. The Morgan fingerprint density at radius 2 is 2.21 bits per heavy atom.